The van der Waals surface area contributed by atoms with E-state index in [2.05, 4.69) is 87.6 Å². The summed E-state index contributed by atoms with van der Waals surface area (Å²) in [6.07, 6.45) is 9.44. The van der Waals surface area contributed by atoms with Gasteiger partial charge in [0.1, 0.15) is 5.78 Å². The summed E-state index contributed by atoms with van der Waals surface area (Å²) in [7, 11) is -1.78. The van der Waals surface area contributed by atoms with Crippen LogP contribution in [0.2, 0.25) is 18.1 Å². The van der Waals surface area contributed by atoms with Crippen molar-refractivity contribution >= 4 is 31.0 Å². The molecule has 1 aliphatic carbocycles. The Morgan fingerprint density at radius 1 is 1.15 bits per heavy atom. The van der Waals surface area contributed by atoms with Gasteiger partial charge in [-0.3, -0.25) is 9.59 Å². The molecule has 33 heavy (non-hydrogen) atoms. The molecule has 3 nitrogen and oxygen atoms in total. The molecule has 3 atom stereocenters. The van der Waals surface area contributed by atoms with Crippen molar-refractivity contribution in [2.24, 2.45) is 23.2 Å². The Hall–Kier alpha value is -0.393. The second-order valence-corrected chi connectivity index (χ2v) is 19.8. The van der Waals surface area contributed by atoms with Gasteiger partial charge in [0.05, 0.1) is 6.61 Å². The number of ketones is 1. The highest BCUT2D eigenvalue weighted by atomic mass is 32.2. The molecule has 0 unspecified atom stereocenters. The van der Waals surface area contributed by atoms with Gasteiger partial charge in [-0.1, -0.05) is 99.1 Å². The minimum absolute atomic E-state index is 0.0405. The molecule has 0 bridgehead atoms. The Labute approximate surface area is 210 Å². The quantitative estimate of drug-likeness (QED) is 0.212. The number of rotatable bonds is 11. The maximum absolute atomic E-state index is 13.4. The van der Waals surface area contributed by atoms with Crippen molar-refractivity contribution in [3.05, 3.63) is 12.2 Å². The number of hydrogen-bond acceptors (Lipinski definition) is 4. The highest BCUT2D eigenvalue weighted by Gasteiger charge is 2.50. The smallest absolute Gasteiger partial charge is 0.192 e. The van der Waals surface area contributed by atoms with Gasteiger partial charge in [-0.05, 0) is 49.2 Å². The minimum atomic E-state index is -1.78. The molecule has 0 spiro atoms. The van der Waals surface area contributed by atoms with Crippen LogP contribution in [-0.2, 0) is 14.0 Å². The summed E-state index contributed by atoms with van der Waals surface area (Å²) in [5, 5.41) is 0.468. The van der Waals surface area contributed by atoms with Crippen molar-refractivity contribution in [3.63, 3.8) is 0 Å². The van der Waals surface area contributed by atoms with E-state index in [4.69, 9.17) is 4.43 Å². The molecule has 0 N–H and O–H groups in total. The summed E-state index contributed by atoms with van der Waals surface area (Å²) in [6.45, 7) is 24.8. The third-order valence-corrected chi connectivity index (χ3v) is 13.3. The number of Topliss-reactive ketones (excluding diaryl/α,β-unsaturated/α-hetero) is 1. The van der Waals surface area contributed by atoms with Crippen LogP contribution in [0.3, 0.4) is 0 Å². The van der Waals surface area contributed by atoms with E-state index >= 15 is 0 Å². The monoisotopic (exact) mass is 496 g/mol. The fourth-order valence-corrected chi connectivity index (χ4v) is 6.47. The van der Waals surface area contributed by atoms with Crippen LogP contribution in [0, 0.1) is 23.2 Å². The molecule has 0 amide bonds. The molecule has 0 aromatic heterocycles. The number of hydrogen-bond donors (Lipinski definition) is 0. The molecule has 1 saturated carbocycles. The van der Waals surface area contributed by atoms with Crippen LogP contribution >= 0.6 is 11.8 Å². The molecule has 0 aliphatic heterocycles. The van der Waals surface area contributed by atoms with Crippen LogP contribution in [0.5, 0.6) is 0 Å². The molecular formula is C28H52O3SSi. The zero-order chi connectivity index (χ0) is 25.7. The second kappa shape index (κ2) is 12.0. The summed E-state index contributed by atoms with van der Waals surface area (Å²) in [6, 6.07) is 0. The highest BCUT2D eigenvalue weighted by Crippen LogP contribution is 2.50. The third kappa shape index (κ3) is 9.29. The molecule has 1 rings (SSSR count). The van der Waals surface area contributed by atoms with E-state index in [0.29, 0.717) is 31.1 Å². The number of carbonyl (C=O) groups excluding carboxylic acids is 2. The average molecular weight is 497 g/mol. The first-order valence-corrected chi connectivity index (χ1v) is 16.7. The zero-order valence-corrected chi connectivity index (χ0v) is 25.3. The number of carbonyl (C=O) groups is 2. The predicted octanol–water partition coefficient (Wildman–Crippen LogP) is 8.44. The van der Waals surface area contributed by atoms with Crippen LogP contribution in [0.4, 0.5) is 0 Å². The topological polar surface area (TPSA) is 43.4 Å². The fourth-order valence-electron chi connectivity index (χ4n) is 4.48. The van der Waals surface area contributed by atoms with E-state index in [-0.39, 0.29) is 26.7 Å². The summed E-state index contributed by atoms with van der Waals surface area (Å²) < 4.78 is 6.17. The average Bonchev–Trinajstić information content (AvgIpc) is 2.91. The Morgan fingerprint density at radius 2 is 1.76 bits per heavy atom. The lowest BCUT2D eigenvalue weighted by Crippen LogP contribution is -2.40. The van der Waals surface area contributed by atoms with E-state index in [0.717, 1.165) is 25.7 Å². The van der Waals surface area contributed by atoms with Crippen molar-refractivity contribution in [2.45, 2.75) is 124 Å². The molecule has 192 valence electrons. The summed E-state index contributed by atoms with van der Waals surface area (Å²) in [5.41, 5.74) is -0.454. The normalized spacial score (nSPS) is 23.6. The lowest BCUT2D eigenvalue weighted by molar-refractivity contribution is -0.128. The van der Waals surface area contributed by atoms with Gasteiger partial charge in [0.25, 0.3) is 0 Å². The van der Waals surface area contributed by atoms with Crippen molar-refractivity contribution in [1.82, 2.24) is 0 Å². The minimum Gasteiger partial charge on any atom is -0.413 e. The van der Waals surface area contributed by atoms with Crippen LogP contribution < -0.4 is 0 Å². The van der Waals surface area contributed by atoms with Gasteiger partial charge >= 0.3 is 0 Å². The van der Waals surface area contributed by atoms with E-state index in [1.165, 1.54) is 11.8 Å². The molecule has 5 heteroatoms. The van der Waals surface area contributed by atoms with Crippen LogP contribution in [0.1, 0.15) is 101 Å². The Bertz CT molecular complexity index is 684. The molecule has 0 aromatic carbocycles. The SMILES string of the molecule is CC(C)CCC[C@@H](C(=O)SC(C)(C)C)[C@H]1CCC(=O)[C@]1(C)C/C=C/CO[Si](C)(C)C(C)(C)C. The third-order valence-electron chi connectivity index (χ3n) is 7.68. The Morgan fingerprint density at radius 3 is 2.27 bits per heavy atom. The largest absolute Gasteiger partial charge is 0.413 e. The maximum Gasteiger partial charge on any atom is 0.192 e. The van der Waals surface area contributed by atoms with Crippen molar-refractivity contribution in [1.29, 1.82) is 0 Å². The summed E-state index contributed by atoms with van der Waals surface area (Å²) in [4.78, 5) is 26.5. The lowest BCUT2D eigenvalue weighted by atomic mass is 9.69. The van der Waals surface area contributed by atoms with E-state index in [1.54, 1.807) is 0 Å². The van der Waals surface area contributed by atoms with Crippen LogP contribution in [-0.4, -0.2) is 30.6 Å². The second-order valence-electron chi connectivity index (χ2n) is 13.2. The highest BCUT2D eigenvalue weighted by molar-refractivity contribution is 8.14. The van der Waals surface area contributed by atoms with Crippen LogP contribution in [0.15, 0.2) is 12.2 Å². The molecule has 1 aliphatic rings. The molecular weight excluding hydrogens is 444 g/mol. The summed E-state index contributed by atoms with van der Waals surface area (Å²) in [5.74, 6) is 1.05. The van der Waals surface area contributed by atoms with Gasteiger partial charge in [-0.25, -0.2) is 0 Å². The first-order valence-electron chi connectivity index (χ1n) is 13.0. The van der Waals surface area contributed by atoms with Gasteiger partial charge in [0.15, 0.2) is 13.4 Å². The van der Waals surface area contributed by atoms with E-state index < -0.39 is 13.7 Å². The molecule has 0 radical (unpaired) electrons. The predicted molar refractivity (Wildman–Crippen MR) is 147 cm³/mol. The molecule has 0 aromatic rings. The lowest BCUT2D eigenvalue weighted by Gasteiger charge is -2.36. The van der Waals surface area contributed by atoms with Gasteiger partial charge in [-0.2, -0.15) is 0 Å². The van der Waals surface area contributed by atoms with Gasteiger partial charge in [0.2, 0.25) is 0 Å². The fraction of sp³-hybridized carbons (Fsp3) is 0.857. The maximum atomic E-state index is 13.4. The van der Waals surface area contributed by atoms with E-state index in [9.17, 15) is 9.59 Å². The number of thioether (sulfide) groups is 1. The van der Waals surface area contributed by atoms with E-state index in [1.807, 2.05) is 0 Å². The van der Waals surface area contributed by atoms with Crippen molar-refractivity contribution in [2.75, 3.05) is 6.61 Å². The molecule has 1 fully saturated rings. The zero-order valence-electron chi connectivity index (χ0n) is 23.5. The molecule has 0 heterocycles. The van der Waals surface area contributed by atoms with Gasteiger partial charge < -0.3 is 4.43 Å². The summed E-state index contributed by atoms with van der Waals surface area (Å²) >= 11 is 1.47. The molecule has 0 saturated heterocycles. The van der Waals surface area contributed by atoms with Crippen molar-refractivity contribution < 1.29 is 14.0 Å². The van der Waals surface area contributed by atoms with Gasteiger partial charge in [0, 0.05) is 22.5 Å². The first kappa shape index (κ1) is 30.6. The first-order chi connectivity index (χ1) is 14.9. The standard InChI is InChI=1S/C28H52O3SSi/c1-21(2)15-14-16-22(25(30)32-26(3,4)5)23-17-18-24(29)28(23,9)19-12-13-20-31-33(10,11)27(6,7)8/h12-13,21-23H,14-20H2,1-11H3/b13-12+/t22-,23-,28-/m1/s1. The van der Waals surface area contributed by atoms with Crippen molar-refractivity contribution in [3.8, 4) is 0 Å². The van der Waals surface area contributed by atoms with Crippen LogP contribution in [0.25, 0.3) is 0 Å². The Kier molecular flexibility index (Phi) is 11.2. The van der Waals surface area contributed by atoms with Gasteiger partial charge in [-0.15, -0.1) is 0 Å². The Balaban J connectivity index is 2.96. The number of allylic oxidation sites excluding steroid dienone is 1.